The number of fused-ring (bicyclic) bond motifs is 1. The molecule has 3 rings (SSSR count). The Hall–Kier alpha value is -2.11. The maximum atomic E-state index is 13.0. The van der Waals surface area contributed by atoms with Crippen LogP contribution in [0, 0.1) is 6.92 Å². The van der Waals surface area contributed by atoms with Crippen molar-refractivity contribution in [1.82, 2.24) is 0 Å². The fourth-order valence-electron chi connectivity index (χ4n) is 3.77. The van der Waals surface area contributed by atoms with Crippen molar-refractivity contribution in [1.29, 1.82) is 0 Å². The van der Waals surface area contributed by atoms with Crippen molar-refractivity contribution >= 4 is 23.4 Å². The Balaban J connectivity index is 2.20. The van der Waals surface area contributed by atoms with E-state index < -0.39 is 11.7 Å². The lowest BCUT2D eigenvalue weighted by Crippen LogP contribution is -2.29. The Labute approximate surface area is 183 Å². The molecule has 1 aromatic carbocycles. The lowest BCUT2D eigenvalue weighted by molar-refractivity contribution is -0.166. The Bertz CT molecular complexity index is 933. The van der Waals surface area contributed by atoms with E-state index in [1.165, 1.54) is 5.56 Å². The zero-order valence-electron chi connectivity index (χ0n) is 18.8. The Morgan fingerprint density at radius 1 is 1.33 bits per heavy atom. The molecule has 0 saturated carbocycles. The number of rotatable bonds is 6. The molecule has 30 heavy (non-hydrogen) atoms. The number of carbonyl (C=O) groups is 1. The van der Waals surface area contributed by atoms with Gasteiger partial charge in [-0.1, -0.05) is 12.1 Å². The fraction of sp³-hybridized carbons (Fsp3) is 0.480. The van der Waals surface area contributed by atoms with Crippen LogP contribution >= 0.6 is 11.3 Å². The first-order valence-electron chi connectivity index (χ1n) is 10.6. The molecule has 2 heterocycles. The largest absolute Gasteiger partial charge is 0.493 e. The minimum absolute atomic E-state index is 0.319. The van der Waals surface area contributed by atoms with Crippen LogP contribution in [-0.2, 0) is 20.7 Å². The quantitative estimate of drug-likeness (QED) is 0.493. The number of thiophene rings is 1. The predicted molar refractivity (Wildman–Crippen MR) is 123 cm³/mol. The molecule has 0 amide bonds. The SMILES string of the molecule is C/C=C/c1sc(C)c(C(OC(C)(C)C)C(=O)OCC)c1-c1ccc2c(c1)CCCO2. The number of allylic oxidation sites excluding steroid dienone is 1. The van der Waals surface area contributed by atoms with Crippen molar-refractivity contribution in [2.75, 3.05) is 13.2 Å². The second-order valence-electron chi connectivity index (χ2n) is 8.45. The summed E-state index contributed by atoms with van der Waals surface area (Å²) in [4.78, 5) is 15.2. The summed E-state index contributed by atoms with van der Waals surface area (Å²) in [6, 6.07) is 6.33. The van der Waals surface area contributed by atoms with Crippen molar-refractivity contribution < 1.29 is 19.0 Å². The Kier molecular flexibility index (Phi) is 7.04. The molecule has 0 aliphatic carbocycles. The molecule has 1 aromatic heterocycles. The first-order chi connectivity index (χ1) is 14.2. The number of hydrogen-bond acceptors (Lipinski definition) is 5. The first-order valence-corrected chi connectivity index (χ1v) is 11.4. The molecule has 5 heteroatoms. The van der Waals surface area contributed by atoms with Gasteiger partial charge in [-0.3, -0.25) is 0 Å². The van der Waals surface area contributed by atoms with E-state index in [-0.39, 0.29) is 5.97 Å². The van der Waals surface area contributed by atoms with Gasteiger partial charge in [-0.05, 0) is 83.7 Å². The molecule has 0 spiro atoms. The predicted octanol–water partition coefficient (Wildman–Crippen LogP) is 6.50. The molecular weight excluding hydrogens is 396 g/mol. The highest BCUT2D eigenvalue weighted by Gasteiger charge is 2.34. The summed E-state index contributed by atoms with van der Waals surface area (Å²) in [6.45, 7) is 12.9. The zero-order valence-corrected chi connectivity index (χ0v) is 19.7. The van der Waals surface area contributed by atoms with Crippen LogP contribution in [-0.4, -0.2) is 24.8 Å². The van der Waals surface area contributed by atoms with Gasteiger partial charge >= 0.3 is 5.97 Å². The standard InChI is InChI=1S/C25H32O4S/c1-7-10-20-22(18-12-13-19-17(15-18)11-9-14-28-19)21(16(3)30-20)23(24(26)27-8-2)29-25(4,5)6/h7,10,12-13,15,23H,8-9,11,14H2,1-6H3/b10-7+. The van der Waals surface area contributed by atoms with E-state index in [0.29, 0.717) is 6.61 Å². The van der Waals surface area contributed by atoms with E-state index in [2.05, 4.69) is 25.1 Å². The van der Waals surface area contributed by atoms with E-state index in [9.17, 15) is 4.79 Å². The third-order valence-corrected chi connectivity index (χ3v) is 5.99. The zero-order chi connectivity index (χ0) is 21.9. The molecule has 4 nitrogen and oxygen atoms in total. The smallest absolute Gasteiger partial charge is 0.340 e. The lowest BCUT2D eigenvalue weighted by Gasteiger charge is -2.27. The summed E-state index contributed by atoms with van der Waals surface area (Å²) in [5, 5.41) is 0. The molecule has 2 aromatic rings. The van der Waals surface area contributed by atoms with Crippen LogP contribution in [0.5, 0.6) is 5.75 Å². The summed E-state index contributed by atoms with van der Waals surface area (Å²) in [7, 11) is 0. The molecular formula is C25H32O4S. The van der Waals surface area contributed by atoms with Gasteiger partial charge in [0.2, 0.25) is 0 Å². The van der Waals surface area contributed by atoms with Crippen molar-refractivity contribution in [2.24, 2.45) is 0 Å². The van der Waals surface area contributed by atoms with Gasteiger partial charge in [0.1, 0.15) is 5.75 Å². The summed E-state index contributed by atoms with van der Waals surface area (Å²) in [5.74, 6) is 0.613. The normalized spacial score (nSPS) is 15.0. The number of carbonyl (C=O) groups excluding carboxylic acids is 1. The highest BCUT2D eigenvalue weighted by molar-refractivity contribution is 7.13. The molecule has 162 valence electrons. The van der Waals surface area contributed by atoms with Crippen molar-refractivity contribution in [3.63, 3.8) is 0 Å². The minimum Gasteiger partial charge on any atom is -0.493 e. The van der Waals surface area contributed by atoms with Gasteiger partial charge < -0.3 is 14.2 Å². The van der Waals surface area contributed by atoms with Gasteiger partial charge in [0.25, 0.3) is 0 Å². The second kappa shape index (κ2) is 9.36. The van der Waals surface area contributed by atoms with Gasteiger partial charge in [-0.2, -0.15) is 0 Å². The number of benzene rings is 1. The summed E-state index contributed by atoms with van der Waals surface area (Å²) >= 11 is 1.68. The van der Waals surface area contributed by atoms with Gasteiger partial charge in [0, 0.05) is 20.9 Å². The van der Waals surface area contributed by atoms with E-state index in [1.54, 1.807) is 11.3 Å². The monoisotopic (exact) mass is 428 g/mol. The molecule has 1 aliphatic heterocycles. The topological polar surface area (TPSA) is 44.8 Å². The summed E-state index contributed by atoms with van der Waals surface area (Å²) < 4.78 is 17.5. The fourth-order valence-corrected chi connectivity index (χ4v) is 4.96. The minimum atomic E-state index is -0.775. The number of aryl methyl sites for hydroxylation is 2. The lowest BCUT2D eigenvalue weighted by atomic mass is 9.93. The van der Waals surface area contributed by atoms with Crippen LogP contribution in [0.2, 0.25) is 0 Å². The van der Waals surface area contributed by atoms with Crippen LogP contribution in [0.15, 0.2) is 24.3 Å². The number of hydrogen-bond donors (Lipinski definition) is 0. The van der Waals surface area contributed by atoms with E-state index >= 15 is 0 Å². The molecule has 0 saturated heterocycles. The third-order valence-electron chi connectivity index (χ3n) is 4.91. The van der Waals surface area contributed by atoms with E-state index in [4.69, 9.17) is 14.2 Å². The van der Waals surface area contributed by atoms with Crippen molar-refractivity contribution in [3.05, 3.63) is 45.2 Å². The maximum Gasteiger partial charge on any atom is 0.340 e. The number of ether oxygens (including phenoxy) is 3. The highest BCUT2D eigenvalue weighted by Crippen LogP contribution is 2.44. The molecule has 0 bridgehead atoms. The Morgan fingerprint density at radius 3 is 2.77 bits per heavy atom. The van der Waals surface area contributed by atoms with E-state index in [0.717, 1.165) is 51.6 Å². The second-order valence-corrected chi connectivity index (χ2v) is 9.70. The summed E-state index contributed by atoms with van der Waals surface area (Å²) in [5.41, 5.74) is 3.75. The van der Waals surface area contributed by atoms with Gasteiger partial charge in [-0.25, -0.2) is 4.79 Å². The van der Waals surface area contributed by atoms with Crippen LogP contribution in [0.4, 0.5) is 0 Å². The molecule has 1 aliphatic rings. The molecule has 0 fully saturated rings. The third kappa shape index (κ3) is 4.96. The first kappa shape index (κ1) is 22.6. The Morgan fingerprint density at radius 2 is 2.10 bits per heavy atom. The number of esters is 1. The molecule has 0 N–H and O–H groups in total. The molecule has 1 atom stereocenters. The van der Waals surface area contributed by atoms with Gasteiger partial charge in [0.05, 0.1) is 18.8 Å². The van der Waals surface area contributed by atoms with Crippen molar-refractivity contribution in [2.45, 2.75) is 66.1 Å². The van der Waals surface area contributed by atoms with Crippen LogP contribution in [0.1, 0.15) is 68.0 Å². The van der Waals surface area contributed by atoms with Gasteiger partial charge in [0.15, 0.2) is 6.10 Å². The molecule has 0 radical (unpaired) electrons. The maximum absolute atomic E-state index is 13.0. The van der Waals surface area contributed by atoms with Crippen LogP contribution in [0.3, 0.4) is 0 Å². The highest BCUT2D eigenvalue weighted by atomic mass is 32.1. The molecule has 1 unspecified atom stereocenters. The van der Waals surface area contributed by atoms with Crippen LogP contribution in [0.25, 0.3) is 17.2 Å². The van der Waals surface area contributed by atoms with E-state index in [1.807, 2.05) is 46.8 Å². The average molecular weight is 429 g/mol. The van der Waals surface area contributed by atoms with Gasteiger partial charge in [-0.15, -0.1) is 11.3 Å². The van der Waals surface area contributed by atoms with Crippen LogP contribution < -0.4 is 4.74 Å². The average Bonchev–Trinajstić information content (AvgIpc) is 3.01. The summed E-state index contributed by atoms with van der Waals surface area (Å²) in [6.07, 6.45) is 5.38. The van der Waals surface area contributed by atoms with Crippen molar-refractivity contribution in [3.8, 4) is 16.9 Å².